The topological polar surface area (TPSA) is 108 Å². The number of carbonyl (C=O) groups excluding carboxylic acids is 2. The van der Waals surface area contributed by atoms with Crippen molar-refractivity contribution >= 4 is 17.4 Å². The first-order valence-electron chi connectivity index (χ1n) is 6.87. The van der Waals surface area contributed by atoms with Gasteiger partial charge in [-0.05, 0) is 20.8 Å². The fraction of sp³-hybridized carbons (Fsp3) is 0.615. The largest absolute Gasteiger partial charge is 0.367 e. The zero-order valence-corrected chi connectivity index (χ0v) is 12.7. The molecular weight excluding hydrogens is 292 g/mol. The summed E-state index contributed by atoms with van der Waals surface area (Å²) in [7, 11) is 0. The molecular formula is C13H18N4O5. The summed E-state index contributed by atoms with van der Waals surface area (Å²) in [5.41, 5.74) is -0.835. The van der Waals surface area contributed by atoms with E-state index in [0.717, 1.165) is 6.20 Å². The molecule has 0 bridgehead atoms. The average molecular weight is 310 g/mol. The molecule has 120 valence electrons. The lowest BCUT2D eigenvalue weighted by Gasteiger charge is -2.31. The van der Waals surface area contributed by atoms with Gasteiger partial charge in [0.15, 0.2) is 5.78 Å². The molecule has 22 heavy (non-hydrogen) atoms. The molecule has 1 atom stereocenters. The molecule has 1 unspecified atom stereocenters. The summed E-state index contributed by atoms with van der Waals surface area (Å²) in [6.07, 6.45) is 2.49. The van der Waals surface area contributed by atoms with Gasteiger partial charge >= 0.3 is 11.7 Å². The van der Waals surface area contributed by atoms with Gasteiger partial charge in [-0.2, -0.15) is 5.10 Å². The number of piperidine rings is 1. The molecule has 0 N–H and O–H groups in total. The van der Waals surface area contributed by atoms with Gasteiger partial charge in [-0.15, -0.1) is 5.06 Å². The Morgan fingerprint density at radius 3 is 2.73 bits per heavy atom. The van der Waals surface area contributed by atoms with E-state index in [9.17, 15) is 19.7 Å². The van der Waals surface area contributed by atoms with Gasteiger partial charge in [0.25, 0.3) is 0 Å². The Labute approximate surface area is 126 Å². The van der Waals surface area contributed by atoms with Crippen LogP contribution in [0.25, 0.3) is 0 Å². The van der Waals surface area contributed by atoms with Crippen molar-refractivity contribution in [1.82, 2.24) is 14.8 Å². The molecule has 2 heterocycles. The maximum atomic E-state index is 12.0. The molecule has 9 heteroatoms. The van der Waals surface area contributed by atoms with E-state index in [1.807, 2.05) is 0 Å². The second-order valence-corrected chi connectivity index (χ2v) is 6.18. The summed E-state index contributed by atoms with van der Waals surface area (Å²) in [6, 6.07) is -0.699. The van der Waals surface area contributed by atoms with Crippen molar-refractivity contribution in [2.24, 2.45) is 5.41 Å². The van der Waals surface area contributed by atoms with Gasteiger partial charge in [0, 0.05) is 13.0 Å². The number of nitro groups is 1. The summed E-state index contributed by atoms with van der Waals surface area (Å²) >= 11 is 0. The summed E-state index contributed by atoms with van der Waals surface area (Å²) in [5.74, 6) is -0.492. The van der Waals surface area contributed by atoms with Crippen molar-refractivity contribution in [3.05, 3.63) is 22.5 Å². The Morgan fingerprint density at radius 1 is 1.50 bits per heavy atom. The van der Waals surface area contributed by atoms with E-state index in [1.165, 1.54) is 15.9 Å². The lowest BCUT2D eigenvalue weighted by molar-refractivity contribution is -0.385. The molecule has 1 aromatic rings. The zero-order chi connectivity index (χ0) is 16.5. The van der Waals surface area contributed by atoms with E-state index in [-0.39, 0.29) is 24.4 Å². The molecule has 1 aliphatic heterocycles. The molecule has 0 radical (unpaired) electrons. The fourth-order valence-electron chi connectivity index (χ4n) is 1.95. The number of hydrogen-bond donors (Lipinski definition) is 0. The van der Waals surface area contributed by atoms with E-state index < -0.39 is 22.3 Å². The zero-order valence-electron chi connectivity index (χ0n) is 12.7. The van der Waals surface area contributed by atoms with E-state index in [4.69, 9.17) is 4.84 Å². The highest BCUT2D eigenvalue weighted by Crippen LogP contribution is 2.23. The number of rotatable bonds is 3. The van der Waals surface area contributed by atoms with Gasteiger partial charge in [0.05, 0.1) is 16.9 Å². The molecule has 0 aromatic carbocycles. The monoisotopic (exact) mass is 310 g/mol. The Morgan fingerprint density at radius 2 is 2.18 bits per heavy atom. The van der Waals surface area contributed by atoms with Crippen LogP contribution in [0.1, 0.15) is 33.2 Å². The van der Waals surface area contributed by atoms with Crippen molar-refractivity contribution in [1.29, 1.82) is 0 Å². The molecule has 1 fully saturated rings. The molecule has 0 spiro atoms. The Bertz CT molecular complexity index is 604. The van der Waals surface area contributed by atoms with Gasteiger partial charge in [-0.3, -0.25) is 19.6 Å². The summed E-state index contributed by atoms with van der Waals surface area (Å²) < 4.78 is 1.25. The van der Waals surface area contributed by atoms with Crippen LogP contribution in [0.15, 0.2) is 12.4 Å². The summed E-state index contributed by atoms with van der Waals surface area (Å²) in [5, 5.41) is 16.0. The smallest absolute Gasteiger partial charge is 0.330 e. The number of carbonyl (C=O) groups is 2. The third-order valence-electron chi connectivity index (χ3n) is 3.30. The molecule has 9 nitrogen and oxygen atoms in total. The Hall–Kier alpha value is -2.29. The first-order valence-corrected chi connectivity index (χ1v) is 6.87. The fourth-order valence-corrected chi connectivity index (χ4v) is 1.95. The first-order chi connectivity index (χ1) is 10.2. The van der Waals surface area contributed by atoms with Gasteiger partial charge in [0.2, 0.25) is 0 Å². The van der Waals surface area contributed by atoms with Crippen LogP contribution in [-0.4, -0.2) is 44.6 Å². The quantitative estimate of drug-likeness (QED) is 0.608. The second kappa shape index (κ2) is 5.84. The number of ketones is 1. The van der Waals surface area contributed by atoms with Crippen molar-refractivity contribution in [2.45, 2.75) is 33.2 Å². The highest BCUT2D eigenvalue weighted by Gasteiger charge is 2.34. The van der Waals surface area contributed by atoms with E-state index in [2.05, 4.69) is 5.10 Å². The van der Waals surface area contributed by atoms with Crippen LogP contribution >= 0.6 is 0 Å². The minimum atomic E-state index is -0.699. The SMILES string of the molecule is CC(C)(C)C(=O)ON1CCC(=O)C(n2cc([N+](=O)[O-])cn2)C1. The van der Waals surface area contributed by atoms with Gasteiger partial charge < -0.3 is 4.84 Å². The number of nitrogens with zero attached hydrogens (tertiary/aromatic N) is 4. The maximum Gasteiger partial charge on any atom is 0.330 e. The molecule has 2 rings (SSSR count). The van der Waals surface area contributed by atoms with E-state index in [0.29, 0.717) is 6.54 Å². The lowest BCUT2D eigenvalue weighted by atomic mass is 9.98. The van der Waals surface area contributed by atoms with Crippen molar-refractivity contribution in [3.63, 3.8) is 0 Å². The summed E-state index contributed by atoms with van der Waals surface area (Å²) in [4.78, 5) is 39.3. The molecule has 1 aliphatic rings. The van der Waals surface area contributed by atoms with Gasteiger partial charge in [-0.1, -0.05) is 0 Å². The number of Topliss-reactive ketones (excluding diaryl/α,β-unsaturated/α-hetero) is 1. The lowest BCUT2D eigenvalue weighted by Crippen LogP contribution is -2.44. The normalized spacial score (nSPS) is 20.0. The van der Waals surface area contributed by atoms with Crippen LogP contribution < -0.4 is 0 Å². The second-order valence-electron chi connectivity index (χ2n) is 6.18. The number of hydroxylamine groups is 2. The van der Waals surface area contributed by atoms with Gasteiger partial charge in [0.1, 0.15) is 18.4 Å². The minimum absolute atomic E-state index is 0.0962. The highest BCUT2D eigenvalue weighted by molar-refractivity contribution is 5.83. The van der Waals surface area contributed by atoms with Crippen LogP contribution in [0, 0.1) is 15.5 Å². The Kier molecular flexibility index (Phi) is 4.27. The Balaban J connectivity index is 2.09. The molecule has 1 saturated heterocycles. The predicted molar refractivity (Wildman–Crippen MR) is 74.7 cm³/mol. The van der Waals surface area contributed by atoms with Crippen LogP contribution in [-0.2, 0) is 14.4 Å². The highest BCUT2D eigenvalue weighted by atomic mass is 16.7. The molecule has 0 aliphatic carbocycles. The number of hydrogen-bond acceptors (Lipinski definition) is 7. The number of aromatic nitrogens is 2. The average Bonchev–Trinajstić information content (AvgIpc) is 2.89. The van der Waals surface area contributed by atoms with Gasteiger partial charge in [-0.25, -0.2) is 4.79 Å². The first kappa shape index (κ1) is 16.1. The van der Waals surface area contributed by atoms with Crippen LogP contribution in [0.4, 0.5) is 5.69 Å². The molecule has 1 aromatic heterocycles. The molecule has 0 saturated carbocycles. The van der Waals surface area contributed by atoms with Crippen LogP contribution in [0.5, 0.6) is 0 Å². The van der Waals surface area contributed by atoms with Crippen LogP contribution in [0.2, 0.25) is 0 Å². The van der Waals surface area contributed by atoms with Crippen LogP contribution in [0.3, 0.4) is 0 Å². The van der Waals surface area contributed by atoms with E-state index >= 15 is 0 Å². The summed E-state index contributed by atoms with van der Waals surface area (Å²) in [6.45, 7) is 5.64. The van der Waals surface area contributed by atoms with Crippen molar-refractivity contribution < 1.29 is 19.3 Å². The molecule has 0 amide bonds. The predicted octanol–water partition coefficient (Wildman–Crippen LogP) is 1.11. The van der Waals surface area contributed by atoms with Crippen molar-refractivity contribution in [2.75, 3.05) is 13.1 Å². The standard InChI is InChI=1S/C13H18N4O5/c1-13(2,3)12(19)22-15-5-4-11(18)10(8-15)16-7-9(6-14-16)17(20)21/h6-7,10H,4-5,8H2,1-3H3. The third kappa shape index (κ3) is 3.48. The van der Waals surface area contributed by atoms with Crippen molar-refractivity contribution in [3.8, 4) is 0 Å². The maximum absolute atomic E-state index is 12.0. The minimum Gasteiger partial charge on any atom is -0.367 e. The third-order valence-corrected chi connectivity index (χ3v) is 3.30. The van der Waals surface area contributed by atoms with E-state index in [1.54, 1.807) is 20.8 Å².